The van der Waals surface area contributed by atoms with Gasteiger partial charge >= 0.3 is 0 Å². The van der Waals surface area contributed by atoms with Gasteiger partial charge in [0.15, 0.2) is 0 Å². The van der Waals surface area contributed by atoms with E-state index in [0.717, 1.165) is 22.3 Å². The van der Waals surface area contributed by atoms with Crippen molar-refractivity contribution in [1.82, 2.24) is 14.1 Å². The second-order valence-corrected chi connectivity index (χ2v) is 12.4. The topological polar surface area (TPSA) is 22.8 Å². The molecule has 3 heteroatoms. The smallest absolute Gasteiger partial charge is 0.0942 e. The molecule has 3 aromatic heterocycles. The molecular formula is C45H29N3. The SMILES string of the molecule is c1ccc(-c2ccc(-n3c4ccccc4c4cc(-c5ccc6c(c5)c5ccccc5n6-c5cccc6cccnc56)ccc43)cc2)cc1. The zero-order chi connectivity index (χ0) is 31.6. The lowest BCUT2D eigenvalue weighted by atomic mass is 10.0. The normalized spacial score (nSPS) is 11.8. The molecule has 224 valence electrons. The minimum Gasteiger partial charge on any atom is -0.309 e. The molecule has 48 heavy (non-hydrogen) atoms. The van der Waals surface area contributed by atoms with Crippen molar-refractivity contribution in [3.63, 3.8) is 0 Å². The second kappa shape index (κ2) is 10.5. The first-order chi connectivity index (χ1) is 23.8. The van der Waals surface area contributed by atoms with Gasteiger partial charge in [-0.05, 0) is 82.9 Å². The first kappa shape index (κ1) is 26.7. The van der Waals surface area contributed by atoms with E-state index in [2.05, 4.69) is 173 Å². The third-order valence-electron chi connectivity index (χ3n) is 9.76. The molecule has 0 aliphatic carbocycles. The Bertz CT molecular complexity index is 2820. The number of hydrogen-bond acceptors (Lipinski definition) is 1. The van der Waals surface area contributed by atoms with Crippen LogP contribution in [0.5, 0.6) is 0 Å². The zero-order valence-corrected chi connectivity index (χ0v) is 26.1. The van der Waals surface area contributed by atoms with Gasteiger partial charge in [0.1, 0.15) is 0 Å². The van der Waals surface area contributed by atoms with Gasteiger partial charge in [0.25, 0.3) is 0 Å². The lowest BCUT2D eigenvalue weighted by molar-refractivity contribution is 1.18. The minimum absolute atomic E-state index is 1.00. The maximum atomic E-state index is 4.79. The average Bonchev–Trinajstić information content (AvgIpc) is 3.67. The fraction of sp³-hybridized carbons (Fsp3) is 0. The van der Waals surface area contributed by atoms with Crippen LogP contribution in [-0.2, 0) is 0 Å². The highest BCUT2D eigenvalue weighted by atomic mass is 15.0. The van der Waals surface area contributed by atoms with Crippen molar-refractivity contribution in [1.29, 1.82) is 0 Å². The summed E-state index contributed by atoms with van der Waals surface area (Å²) in [5.41, 5.74) is 12.9. The van der Waals surface area contributed by atoms with Crippen LogP contribution in [0.25, 0.3) is 88.1 Å². The molecular weight excluding hydrogens is 583 g/mol. The summed E-state index contributed by atoms with van der Waals surface area (Å²) in [4.78, 5) is 4.79. The Morgan fingerprint density at radius 3 is 1.60 bits per heavy atom. The molecule has 0 N–H and O–H groups in total. The summed E-state index contributed by atoms with van der Waals surface area (Å²) < 4.78 is 4.75. The van der Waals surface area contributed by atoms with Gasteiger partial charge in [-0.3, -0.25) is 4.98 Å². The molecule has 0 atom stereocenters. The van der Waals surface area contributed by atoms with Crippen molar-refractivity contribution in [3.05, 3.63) is 176 Å². The molecule has 0 amide bonds. The Hall–Kier alpha value is -6.45. The summed E-state index contributed by atoms with van der Waals surface area (Å²) in [6.45, 7) is 0. The van der Waals surface area contributed by atoms with Crippen LogP contribution in [0.1, 0.15) is 0 Å². The molecule has 3 heterocycles. The van der Waals surface area contributed by atoms with E-state index in [1.807, 2.05) is 12.3 Å². The van der Waals surface area contributed by atoms with Crippen LogP contribution in [0.3, 0.4) is 0 Å². The van der Waals surface area contributed by atoms with E-state index in [1.54, 1.807) is 0 Å². The minimum atomic E-state index is 1.00. The Morgan fingerprint density at radius 1 is 0.354 bits per heavy atom. The van der Waals surface area contributed by atoms with Crippen molar-refractivity contribution < 1.29 is 0 Å². The van der Waals surface area contributed by atoms with Crippen LogP contribution in [0, 0.1) is 0 Å². The van der Waals surface area contributed by atoms with Crippen LogP contribution >= 0.6 is 0 Å². The molecule has 10 aromatic rings. The molecule has 0 saturated carbocycles. The molecule has 0 radical (unpaired) electrons. The summed E-state index contributed by atoms with van der Waals surface area (Å²) in [7, 11) is 0. The highest BCUT2D eigenvalue weighted by Crippen LogP contribution is 2.39. The van der Waals surface area contributed by atoms with Crippen molar-refractivity contribution in [3.8, 4) is 33.6 Å². The van der Waals surface area contributed by atoms with E-state index in [1.165, 1.54) is 65.9 Å². The Balaban J connectivity index is 1.13. The first-order valence-electron chi connectivity index (χ1n) is 16.4. The molecule has 0 bridgehead atoms. The summed E-state index contributed by atoms with van der Waals surface area (Å²) in [6.07, 6.45) is 1.88. The van der Waals surface area contributed by atoms with Gasteiger partial charge in [0, 0.05) is 38.8 Å². The Labute approximate surface area is 277 Å². The molecule has 0 saturated heterocycles. The van der Waals surface area contributed by atoms with E-state index in [-0.39, 0.29) is 0 Å². The molecule has 7 aromatic carbocycles. The number of hydrogen-bond donors (Lipinski definition) is 0. The van der Waals surface area contributed by atoms with Crippen molar-refractivity contribution in [2.24, 2.45) is 0 Å². The highest BCUT2D eigenvalue weighted by molar-refractivity contribution is 6.13. The van der Waals surface area contributed by atoms with Crippen LogP contribution in [0.2, 0.25) is 0 Å². The van der Waals surface area contributed by atoms with Crippen LogP contribution in [-0.4, -0.2) is 14.1 Å². The number of para-hydroxylation sites is 3. The molecule has 10 rings (SSSR count). The highest BCUT2D eigenvalue weighted by Gasteiger charge is 2.17. The average molecular weight is 612 g/mol. The quantitative estimate of drug-likeness (QED) is 0.194. The standard InChI is InChI=1S/C45H29N3/c1-2-10-30(11-3-1)31-19-23-35(24-20-31)47-40-16-6-4-14-36(40)38-28-33(21-25-42(38)47)34-22-26-43-39(29-34)37-15-5-7-17-41(37)48(43)44-18-8-12-32-13-9-27-46-45(32)44/h1-29H. The van der Waals surface area contributed by atoms with E-state index < -0.39 is 0 Å². The maximum Gasteiger partial charge on any atom is 0.0942 e. The monoisotopic (exact) mass is 611 g/mol. The number of pyridine rings is 1. The van der Waals surface area contributed by atoms with Gasteiger partial charge in [0.2, 0.25) is 0 Å². The van der Waals surface area contributed by atoms with Crippen LogP contribution < -0.4 is 0 Å². The number of aromatic nitrogens is 3. The van der Waals surface area contributed by atoms with Gasteiger partial charge in [-0.1, -0.05) is 109 Å². The summed E-state index contributed by atoms with van der Waals surface area (Å²) >= 11 is 0. The van der Waals surface area contributed by atoms with Gasteiger partial charge in [-0.2, -0.15) is 0 Å². The number of fused-ring (bicyclic) bond motifs is 7. The molecule has 3 nitrogen and oxygen atoms in total. The summed E-state index contributed by atoms with van der Waals surface area (Å²) in [6, 6.07) is 61.3. The zero-order valence-electron chi connectivity index (χ0n) is 26.1. The van der Waals surface area contributed by atoms with Crippen molar-refractivity contribution in [2.75, 3.05) is 0 Å². The van der Waals surface area contributed by atoms with Gasteiger partial charge < -0.3 is 9.13 Å². The van der Waals surface area contributed by atoms with Gasteiger partial charge in [-0.15, -0.1) is 0 Å². The summed E-state index contributed by atoms with van der Waals surface area (Å²) in [5.74, 6) is 0. The van der Waals surface area contributed by atoms with Crippen LogP contribution in [0.15, 0.2) is 176 Å². The predicted octanol–water partition coefficient (Wildman–Crippen LogP) is 11.8. The third-order valence-corrected chi connectivity index (χ3v) is 9.76. The van der Waals surface area contributed by atoms with E-state index in [0.29, 0.717) is 0 Å². The van der Waals surface area contributed by atoms with Crippen molar-refractivity contribution >= 4 is 54.5 Å². The lowest BCUT2D eigenvalue weighted by Gasteiger charge is -2.11. The molecule has 0 unspecified atom stereocenters. The summed E-state index contributed by atoms with van der Waals surface area (Å²) in [5, 5.41) is 6.11. The van der Waals surface area contributed by atoms with E-state index in [4.69, 9.17) is 4.98 Å². The first-order valence-corrected chi connectivity index (χ1v) is 16.4. The van der Waals surface area contributed by atoms with Crippen LogP contribution in [0.4, 0.5) is 0 Å². The number of nitrogens with zero attached hydrogens (tertiary/aromatic N) is 3. The van der Waals surface area contributed by atoms with E-state index in [9.17, 15) is 0 Å². The molecule has 0 spiro atoms. The molecule has 0 aliphatic heterocycles. The van der Waals surface area contributed by atoms with Crippen molar-refractivity contribution in [2.45, 2.75) is 0 Å². The number of rotatable bonds is 4. The van der Waals surface area contributed by atoms with Gasteiger partial charge in [-0.25, -0.2) is 0 Å². The predicted molar refractivity (Wildman–Crippen MR) is 201 cm³/mol. The Morgan fingerprint density at radius 2 is 0.896 bits per heavy atom. The van der Waals surface area contributed by atoms with Gasteiger partial charge in [0.05, 0.1) is 33.3 Å². The third kappa shape index (κ3) is 4.04. The largest absolute Gasteiger partial charge is 0.309 e. The fourth-order valence-electron chi connectivity index (χ4n) is 7.54. The van der Waals surface area contributed by atoms with E-state index >= 15 is 0 Å². The second-order valence-electron chi connectivity index (χ2n) is 12.4. The molecule has 0 aliphatic rings. The maximum absolute atomic E-state index is 4.79. The fourth-order valence-corrected chi connectivity index (χ4v) is 7.54. The molecule has 0 fully saturated rings. The Kier molecular flexibility index (Phi) is 5.87. The number of benzene rings is 7. The lowest BCUT2D eigenvalue weighted by Crippen LogP contribution is -1.96.